The molecule has 2 aromatic rings. The normalized spacial score (nSPS) is 18.6. The van der Waals surface area contributed by atoms with Crippen LogP contribution in [0.2, 0.25) is 0 Å². The summed E-state index contributed by atoms with van der Waals surface area (Å²) in [6, 6.07) is 12.9. The summed E-state index contributed by atoms with van der Waals surface area (Å²) in [5.74, 6) is 1.52. The first kappa shape index (κ1) is 22.3. The molecule has 8 nitrogen and oxygen atoms in total. The predicted molar refractivity (Wildman–Crippen MR) is 126 cm³/mol. The van der Waals surface area contributed by atoms with Crippen LogP contribution in [0.3, 0.4) is 0 Å². The zero-order valence-corrected chi connectivity index (χ0v) is 19.3. The molecule has 176 valence electrons. The van der Waals surface area contributed by atoms with Gasteiger partial charge in [-0.15, -0.1) is 0 Å². The number of piperidine rings is 1. The molecule has 9 heteroatoms. The number of nitrogens with zero attached hydrogens (tertiary/aromatic N) is 2. The molecule has 3 aliphatic heterocycles. The van der Waals surface area contributed by atoms with E-state index in [4.69, 9.17) is 14.2 Å². The van der Waals surface area contributed by atoms with Crippen LogP contribution in [0.1, 0.15) is 30.4 Å². The third kappa shape index (κ3) is 4.89. The highest BCUT2D eigenvalue weighted by Crippen LogP contribution is 2.34. The Morgan fingerprint density at radius 1 is 1.00 bits per heavy atom. The minimum atomic E-state index is -0.427. The minimum Gasteiger partial charge on any atom is -0.489 e. The average molecular weight is 481 g/mol. The largest absolute Gasteiger partial charge is 0.489 e. The highest BCUT2D eigenvalue weighted by Gasteiger charge is 2.37. The zero-order chi connectivity index (χ0) is 23.5. The molecule has 2 aromatic carbocycles. The van der Waals surface area contributed by atoms with Gasteiger partial charge in [-0.05, 0) is 72.5 Å². The molecular formula is C25H24N2O6S. The van der Waals surface area contributed by atoms with Crippen molar-refractivity contribution in [1.29, 1.82) is 0 Å². The SMILES string of the molecule is O=C(CN1C(=O)S/C(=C\c2ccc(OCc3ccc4c(c3)OCO4)cc2)C1=O)N1CCCCC1. The lowest BCUT2D eigenvalue weighted by atomic mass is 10.1. The maximum atomic E-state index is 12.7. The summed E-state index contributed by atoms with van der Waals surface area (Å²) in [6.45, 7) is 1.78. The van der Waals surface area contributed by atoms with Crippen LogP contribution in [0.25, 0.3) is 6.08 Å². The van der Waals surface area contributed by atoms with Crippen molar-refractivity contribution in [2.24, 2.45) is 0 Å². The molecule has 0 aromatic heterocycles. The van der Waals surface area contributed by atoms with E-state index in [0.29, 0.717) is 36.1 Å². The summed E-state index contributed by atoms with van der Waals surface area (Å²) in [7, 11) is 0. The van der Waals surface area contributed by atoms with Gasteiger partial charge in [-0.1, -0.05) is 18.2 Å². The number of carbonyl (C=O) groups is 3. The lowest BCUT2D eigenvalue weighted by Crippen LogP contribution is -2.44. The molecule has 0 unspecified atom stereocenters. The number of thioether (sulfide) groups is 1. The summed E-state index contributed by atoms with van der Waals surface area (Å²) in [5.41, 5.74) is 1.73. The molecule has 0 aliphatic carbocycles. The molecule has 0 atom stereocenters. The molecule has 2 saturated heterocycles. The quantitative estimate of drug-likeness (QED) is 0.577. The van der Waals surface area contributed by atoms with E-state index < -0.39 is 11.1 Å². The third-order valence-electron chi connectivity index (χ3n) is 5.90. The number of benzene rings is 2. The Hall–Kier alpha value is -3.46. The smallest absolute Gasteiger partial charge is 0.294 e. The van der Waals surface area contributed by atoms with Gasteiger partial charge >= 0.3 is 0 Å². The van der Waals surface area contributed by atoms with Crippen LogP contribution in [0.15, 0.2) is 47.4 Å². The van der Waals surface area contributed by atoms with Crippen molar-refractivity contribution in [3.63, 3.8) is 0 Å². The lowest BCUT2D eigenvalue weighted by molar-refractivity contribution is -0.136. The van der Waals surface area contributed by atoms with Crippen LogP contribution in [-0.4, -0.2) is 53.3 Å². The summed E-state index contributed by atoms with van der Waals surface area (Å²) in [5, 5.41) is -0.412. The standard InChI is InChI=1S/C25H24N2O6S/c28-23(26-10-2-1-3-11-26)14-27-24(29)22(34-25(27)30)13-17-4-7-19(8-5-17)31-15-18-6-9-20-21(12-18)33-16-32-20/h4-9,12-13H,1-3,10-11,14-16H2/b22-13-. The van der Waals surface area contributed by atoms with Crippen molar-refractivity contribution in [3.05, 3.63) is 58.5 Å². The van der Waals surface area contributed by atoms with Crippen LogP contribution in [0, 0.1) is 0 Å². The van der Waals surface area contributed by atoms with E-state index in [9.17, 15) is 14.4 Å². The fraction of sp³-hybridized carbons (Fsp3) is 0.320. The molecule has 3 aliphatic rings. The molecule has 2 fully saturated rings. The predicted octanol–water partition coefficient (Wildman–Crippen LogP) is 4.04. The van der Waals surface area contributed by atoms with Gasteiger partial charge in [-0.3, -0.25) is 19.3 Å². The highest BCUT2D eigenvalue weighted by atomic mass is 32.2. The first-order valence-electron chi connectivity index (χ1n) is 11.2. The second-order valence-corrected chi connectivity index (χ2v) is 9.25. The fourth-order valence-corrected chi connectivity index (χ4v) is 4.86. The Morgan fingerprint density at radius 3 is 2.56 bits per heavy atom. The molecule has 3 amide bonds. The molecule has 0 bridgehead atoms. The van der Waals surface area contributed by atoms with E-state index in [1.165, 1.54) is 0 Å². The molecule has 0 N–H and O–H groups in total. The number of imide groups is 1. The second kappa shape index (κ2) is 9.80. The van der Waals surface area contributed by atoms with Gasteiger partial charge < -0.3 is 19.1 Å². The maximum absolute atomic E-state index is 12.7. The molecule has 3 heterocycles. The van der Waals surface area contributed by atoms with Crippen LogP contribution in [0.4, 0.5) is 4.79 Å². The van der Waals surface area contributed by atoms with Crippen molar-refractivity contribution >= 4 is 34.9 Å². The van der Waals surface area contributed by atoms with E-state index in [1.54, 1.807) is 11.0 Å². The number of hydrogen-bond acceptors (Lipinski definition) is 7. The van der Waals surface area contributed by atoms with Gasteiger partial charge in [-0.25, -0.2) is 0 Å². The summed E-state index contributed by atoms with van der Waals surface area (Å²) in [6.07, 6.45) is 4.70. The Bertz CT molecular complexity index is 1140. The Balaban J connectivity index is 1.18. The topological polar surface area (TPSA) is 85.4 Å². The summed E-state index contributed by atoms with van der Waals surface area (Å²) in [4.78, 5) is 40.7. The average Bonchev–Trinajstić information content (AvgIpc) is 3.43. The van der Waals surface area contributed by atoms with Crippen LogP contribution < -0.4 is 14.2 Å². The van der Waals surface area contributed by atoms with Crippen LogP contribution >= 0.6 is 11.8 Å². The van der Waals surface area contributed by atoms with E-state index in [0.717, 1.165) is 52.8 Å². The maximum Gasteiger partial charge on any atom is 0.294 e. The van der Waals surface area contributed by atoms with Gasteiger partial charge in [0.2, 0.25) is 12.7 Å². The van der Waals surface area contributed by atoms with Crippen molar-refractivity contribution in [1.82, 2.24) is 9.80 Å². The van der Waals surface area contributed by atoms with Crippen molar-refractivity contribution in [2.75, 3.05) is 26.4 Å². The Morgan fingerprint density at radius 2 is 1.76 bits per heavy atom. The third-order valence-corrected chi connectivity index (χ3v) is 6.80. The first-order chi connectivity index (χ1) is 16.6. The number of amides is 3. The molecule has 0 radical (unpaired) electrons. The van der Waals surface area contributed by atoms with Crippen LogP contribution in [0.5, 0.6) is 17.2 Å². The Labute approximate surface area is 201 Å². The van der Waals surface area contributed by atoms with Gasteiger partial charge in [0.15, 0.2) is 11.5 Å². The number of ether oxygens (including phenoxy) is 3. The summed E-state index contributed by atoms with van der Waals surface area (Å²) < 4.78 is 16.5. The Kier molecular flexibility index (Phi) is 6.44. The van der Waals surface area contributed by atoms with Crippen molar-refractivity contribution in [2.45, 2.75) is 25.9 Å². The van der Waals surface area contributed by atoms with Gasteiger partial charge in [-0.2, -0.15) is 0 Å². The zero-order valence-electron chi connectivity index (χ0n) is 18.5. The number of rotatable bonds is 6. The molecular weight excluding hydrogens is 456 g/mol. The molecule has 34 heavy (non-hydrogen) atoms. The number of carbonyl (C=O) groups excluding carboxylic acids is 3. The van der Waals surface area contributed by atoms with Crippen molar-refractivity contribution in [3.8, 4) is 17.2 Å². The van der Waals surface area contributed by atoms with Gasteiger partial charge in [0, 0.05) is 13.1 Å². The monoisotopic (exact) mass is 480 g/mol. The van der Waals surface area contributed by atoms with Crippen LogP contribution in [-0.2, 0) is 16.2 Å². The molecule has 0 saturated carbocycles. The minimum absolute atomic E-state index is 0.174. The van der Waals surface area contributed by atoms with Gasteiger partial charge in [0.25, 0.3) is 11.1 Å². The fourth-order valence-electron chi connectivity index (χ4n) is 4.02. The molecule has 5 rings (SSSR count). The lowest BCUT2D eigenvalue weighted by Gasteiger charge is -2.27. The number of fused-ring (bicyclic) bond motifs is 1. The van der Waals surface area contributed by atoms with E-state index in [2.05, 4.69) is 0 Å². The van der Waals surface area contributed by atoms with Crippen molar-refractivity contribution < 1.29 is 28.6 Å². The highest BCUT2D eigenvalue weighted by molar-refractivity contribution is 8.18. The summed E-state index contributed by atoms with van der Waals surface area (Å²) >= 11 is 0.861. The number of likely N-dealkylation sites (tertiary alicyclic amines) is 1. The first-order valence-corrected chi connectivity index (χ1v) is 12.0. The van der Waals surface area contributed by atoms with Gasteiger partial charge in [0.1, 0.15) is 18.9 Å². The van der Waals surface area contributed by atoms with E-state index >= 15 is 0 Å². The molecule has 0 spiro atoms. The number of hydrogen-bond donors (Lipinski definition) is 0. The second-order valence-electron chi connectivity index (χ2n) is 8.25. The van der Waals surface area contributed by atoms with Gasteiger partial charge in [0.05, 0.1) is 4.91 Å². The van der Waals surface area contributed by atoms with E-state index in [-0.39, 0.29) is 19.2 Å². The van der Waals surface area contributed by atoms with E-state index in [1.807, 2.05) is 42.5 Å².